The van der Waals surface area contributed by atoms with Crippen molar-refractivity contribution in [2.75, 3.05) is 11.9 Å². The van der Waals surface area contributed by atoms with Crippen LogP contribution in [0, 0.1) is 6.92 Å². The molecular weight excluding hydrogens is 344 g/mol. The van der Waals surface area contributed by atoms with Gasteiger partial charge in [-0.15, -0.1) is 16.4 Å². The number of rotatable bonds is 7. The number of hydrogen-bond acceptors (Lipinski definition) is 7. The van der Waals surface area contributed by atoms with Gasteiger partial charge in [-0.25, -0.2) is 4.98 Å². The molecule has 10 heteroatoms. The topological polar surface area (TPSA) is 115 Å². The molecule has 9 nitrogen and oxygen atoms in total. The fourth-order valence-corrected chi connectivity index (χ4v) is 2.82. The van der Waals surface area contributed by atoms with E-state index in [2.05, 4.69) is 25.9 Å². The van der Waals surface area contributed by atoms with Gasteiger partial charge in [0.05, 0.1) is 36.7 Å². The first-order chi connectivity index (χ1) is 12.1. The minimum atomic E-state index is -0.288. The number of carbonyl (C=O) groups excluding carboxylic acids is 2. The second-order valence-electron chi connectivity index (χ2n) is 5.18. The van der Waals surface area contributed by atoms with Gasteiger partial charge in [0.2, 0.25) is 5.91 Å². The van der Waals surface area contributed by atoms with Crippen molar-refractivity contribution in [2.24, 2.45) is 0 Å². The Bertz CT molecular complexity index is 854. The molecule has 3 aromatic rings. The van der Waals surface area contributed by atoms with E-state index < -0.39 is 0 Å². The van der Waals surface area contributed by atoms with Crippen molar-refractivity contribution in [3.8, 4) is 0 Å². The van der Waals surface area contributed by atoms with Crippen LogP contribution in [0.1, 0.15) is 21.8 Å². The maximum atomic E-state index is 12.1. The number of nitrogens with zero attached hydrogens (tertiary/aromatic N) is 4. The minimum absolute atomic E-state index is 0.144. The third-order valence-corrected chi connectivity index (χ3v) is 4.16. The SMILES string of the molecule is Cc1occc1C(=O)Nc1nc(CC(=O)NCCn2ccnn2)cs1. The molecule has 0 saturated heterocycles. The summed E-state index contributed by atoms with van der Waals surface area (Å²) in [6.45, 7) is 2.72. The maximum Gasteiger partial charge on any atom is 0.260 e. The molecule has 0 spiro atoms. The molecule has 130 valence electrons. The van der Waals surface area contributed by atoms with Gasteiger partial charge in [-0.05, 0) is 13.0 Å². The number of carbonyl (C=O) groups is 2. The smallest absolute Gasteiger partial charge is 0.260 e. The van der Waals surface area contributed by atoms with E-state index in [-0.39, 0.29) is 18.2 Å². The predicted octanol–water partition coefficient (Wildman–Crippen LogP) is 1.25. The van der Waals surface area contributed by atoms with Crippen LogP contribution in [0.25, 0.3) is 0 Å². The standard InChI is InChI=1S/C15H16N6O3S/c1-10-12(2-7-24-10)14(23)19-15-18-11(9-25-15)8-13(22)16-3-5-21-6-4-17-20-21/h2,4,6-7,9H,3,5,8H2,1H3,(H,16,22)(H,18,19,23). The van der Waals surface area contributed by atoms with E-state index in [4.69, 9.17) is 4.42 Å². The largest absolute Gasteiger partial charge is 0.469 e. The van der Waals surface area contributed by atoms with Gasteiger partial charge in [0.1, 0.15) is 5.76 Å². The van der Waals surface area contributed by atoms with Gasteiger partial charge in [-0.3, -0.25) is 19.6 Å². The third kappa shape index (κ3) is 4.51. The molecule has 0 unspecified atom stereocenters. The summed E-state index contributed by atoms with van der Waals surface area (Å²) in [7, 11) is 0. The maximum absolute atomic E-state index is 12.1. The third-order valence-electron chi connectivity index (χ3n) is 3.35. The van der Waals surface area contributed by atoms with Gasteiger partial charge in [-0.1, -0.05) is 5.21 Å². The van der Waals surface area contributed by atoms with Crippen molar-refractivity contribution in [1.82, 2.24) is 25.3 Å². The Balaban J connectivity index is 1.47. The Morgan fingerprint density at radius 1 is 1.40 bits per heavy atom. The Hall–Kier alpha value is -3.01. The first-order valence-corrected chi connectivity index (χ1v) is 8.40. The van der Waals surface area contributed by atoms with Gasteiger partial charge in [-0.2, -0.15) is 0 Å². The normalized spacial score (nSPS) is 10.6. The Labute approximate surface area is 147 Å². The number of furan rings is 1. The number of amides is 2. The van der Waals surface area contributed by atoms with Crippen molar-refractivity contribution < 1.29 is 14.0 Å². The second kappa shape index (κ2) is 7.71. The van der Waals surface area contributed by atoms with Gasteiger partial charge in [0.15, 0.2) is 5.13 Å². The van der Waals surface area contributed by atoms with Crippen LogP contribution in [0.5, 0.6) is 0 Å². The van der Waals surface area contributed by atoms with Crippen molar-refractivity contribution in [2.45, 2.75) is 19.9 Å². The lowest BCUT2D eigenvalue weighted by molar-refractivity contribution is -0.120. The van der Waals surface area contributed by atoms with Crippen molar-refractivity contribution in [3.05, 3.63) is 47.1 Å². The summed E-state index contributed by atoms with van der Waals surface area (Å²) >= 11 is 1.27. The Kier molecular flexibility index (Phi) is 5.19. The molecule has 0 bridgehead atoms. The fraction of sp³-hybridized carbons (Fsp3) is 0.267. The molecule has 25 heavy (non-hydrogen) atoms. The van der Waals surface area contributed by atoms with Crippen LogP contribution in [0.15, 0.2) is 34.5 Å². The molecule has 2 amide bonds. The molecule has 0 aliphatic carbocycles. The summed E-state index contributed by atoms with van der Waals surface area (Å²) < 4.78 is 6.74. The van der Waals surface area contributed by atoms with E-state index >= 15 is 0 Å². The van der Waals surface area contributed by atoms with Crippen LogP contribution in [0.3, 0.4) is 0 Å². The molecule has 3 rings (SSSR count). The average Bonchev–Trinajstić information content (AvgIpc) is 3.30. The van der Waals surface area contributed by atoms with E-state index in [1.165, 1.54) is 17.6 Å². The minimum Gasteiger partial charge on any atom is -0.469 e. The zero-order chi connectivity index (χ0) is 17.6. The van der Waals surface area contributed by atoms with Gasteiger partial charge in [0.25, 0.3) is 5.91 Å². The molecule has 0 radical (unpaired) electrons. The lowest BCUT2D eigenvalue weighted by Gasteiger charge is -2.03. The zero-order valence-corrected chi connectivity index (χ0v) is 14.2. The highest BCUT2D eigenvalue weighted by atomic mass is 32.1. The number of thiazole rings is 1. The number of anilines is 1. The van der Waals surface area contributed by atoms with Crippen LogP contribution in [-0.2, 0) is 17.8 Å². The van der Waals surface area contributed by atoms with Gasteiger partial charge in [0, 0.05) is 18.1 Å². The van der Waals surface area contributed by atoms with E-state index in [1.54, 1.807) is 35.4 Å². The Morgan fingerprint density at radius 3 is 3.00 bits per heavy atom. The van der Waals surface area contributed by atoms with E-state index in [9.17, 15) is 9.59 Å². The Morgan fingerprint density at radius 2 is 2.28 bits per heavy atom. The first kappa shape index (κ1) is 16.8. The molecule has 0 aliphatic rings. The highest BCUT2D eigenvalue weighted by molar-refractivity contribution is 7.14. The van der Waals surface area contributed by atoms with Crippen molar-refractivity contribution >= 4 is 28.3 Å². The van der Waals surface area contributed by atoms with Crippen molar-refractivity contribution in [3.63, 3.8) is 0 Å². The fourth-order valence-electron chi connectivity index (χ4n) is 2.12. The summed E-state index contributed by atoms with van der Waals surface area (Å²) in [6.07, 6.45) is 4.91. The lowest BCUT2D eigenvalue weighted by atomic mass is 10.2. The summed E-state index contributed by atoms with van der Waals surface area (Å²) in [5.41, 5.74) is 1.06. The average molecular weight is 360 g/mol. The van der Waals surface area contributed by atoms with Crippen LogP contribution in [-0.4, -0.2) is 38.3 Å². The second-order valence-corrected chi connectivity index (χ2v) is 6.04. The molecule has 0 fully saturated rings. The number of hydrogen-bond donors (Lipinski definition) is 2. The number of aromatic nitrogens is 4. The number of aryl methyl sites for hydroxylation is 1. The van der Waals surface area contributed by atoms with Crippen LogP contribution in [0.4, 0.5) is 5.13 Å². The molecule has 0 atom stereocenters. The highest BCUT2D eigenvalue weighted by Crippen LogP contribution is 2.18. The lowest BCUT2D eigenvalue weighted by Crippen LogP contribution is -2.28. The quantitative estimate of drug-likeness (QED) is 0.655. The summed E-state index contributed by atoms with van der Waals surface area (Å²) in [5.74, 6) is 0.111. The van der Waals surface area contributed by atoms with Crippen LogP contribution >= 0.6 is 11.3 Å². The number of nitrogens with one attached hydrogen (secondary N) is 2. The summed E-state index contributed by atoms with van der Waals surface area (Å²) in [5, 5.41) is 15.2. The van der Waals surface area contributed by atoms with E-state index in [1.807, 2.05) is 0 Å². The van der Waals surface area contributed by atoms with Crippen LogP contribution < -0.4 is 10.6 Å². The summed E-state index contributed by atoms with van der Waals surface area (Å²) in [6, 6.07) is 1.60. The van der Waals surface area contributed by atoms with Gasteiger partial charge < -0.3 is 9.73 Å². The van der Waals surface area contributed by atoms with Crippen LogP contribution in [0.2, 0.25) is 0 Å². The predicted molar refractivity (Wildman–Crippen MR) is 90.2 cm³/mol. The molecular formula is C15H16N6O3S. The molecule has 3 aromatic heterocycles. The molecule has 0 aromatic carbocycles. The molecule has 0 aliphatic heterocycles. The van der Waals surface area contributed by atoms with Crippen molar-refractivity contribution in [1.29, 1.82) is 0 Å². The zero-order valence-electron chi connectivity index (χ0n) is 13.4. The highest BCUT2D eigenvalue weighted by Gasteiger charge is 2.14. The first-order valence-electron chi connectivity index (χ1n) is 7.52. The molecule has 0 saturated carbocycles. The van der Waals surface area contributed by atoms with Gasteiger partial charge >= 0.3 is 0 Å². The molecule has 2 N–H and O–H groups in total. The molecule has 3 heterocycles. The van der Waals surface area contributed by atoms with E-state index in [0.717, 1.165) is 0 Å². The monoisotopic (exact) mass is 360 g/mol. The summed E-state index contributed by atoms with van der Waals surface area (Å²) in [4.78, 5) is 28.3. The van der Waals surface area contributed by atoms with E-state index in [0.29, 0.717) is 35.2 Å².